The van der Waals surface area contributed by atoms with Crippen LogP contribution in [0.1, 0.15) is 12.8 Å². The van der Waals surface area contributed by atoms with E-state index in [1.165, 1.54) is 12.3 Å². The third-order valence-corrected chi connectivity index (χ3v) is 3.84. The highest BCUT2D eigenvalue weighted by Gasteiger charge is 2.21. The summed E-state index contributed by atoms with van der Waals surface area (Å²) in [7, 11) is 0. The molecule has 1 aliphatic heterocycles. The van der Waals surface area contributed by atoms with Crippen LogP contribution >= 0.6 is 0 Å². The molecule has 1 amide bonds. The highest BCUT2D eigenvalue weighted by atomic mass is 19.1. The topological polar surface area (TPSA) is 63.2 Å². The van der Waals surface area contributed by atoms with Crippen LogP contribution in [-0.2, 0) is 9.53 Å². The van der Waals surface area contributed by atoms with Crippen molar-refractivity contribution >= 4 is 23.1 Å². The van der Waals surface area contributed by atoms with E-state index >= 15 is 0 Å². The van der Waals surface area contributed by atoms with E-state index in [9.17, 15) is 13.6 Å². The number of carbonyl (C=O) groups excluding carboxylic acids is 1. The molecule has 0 aliphatic carbocycles. The molecule has 126 valence electrons. The second-order valence-corrected chi connectivity index (χ2v) is 5.53. The smallest absolute Gasteiger partial charge is 0.227 e. The van der Waals surface area contributed by atoms with Crippen molar-refractivity contribution < 1.29 is 18.3 Å². The van der Waals surface area contributed by atoms with Gasteiger partial charge in [-0.15, -0.1) is 0 Å². The summed E-state index contributed by atoms with van der Waals surface area (Å²) in [5.41, 5.74) is 0.273. The number of nitrogens with zero attached hydrogens (tertiary/aromatic N) is 1. The van der Waals surface area contributed by atoms with Crippen LogP contribution in [0.2, 0.25) is 0 Å². The van der Waals surface area contributed by atoms with Gasteiger partial charge in [0.25, 0.3) is 0 Å². The molecule has 0 radical (unpaired) electrons. The lowest BCUT2D eigenvalue weighted by atomic mass is 9.99. The molecule has 1 aromatic carbocycles. The highest BCUT2D eigenvalue weighted by molar-refractivity contribution is 5.92. The van der Waals surface area contributed by atoms with Crippen molar-refractivity contribution in [3.8, 4) is 0 Å². The van der Waals surface area contributed by atoms with Crippen molar-refractivity contribution in [2.45, 2.75) is 12.8 Å². The van der Waals surface area contributed by atoms with Crippen LogP contribution in [0, 0.1) is 17.6 Å². The van der Waals surface area contributed by atoms with Gasteiger partial charge in [-0.3, -0.25) is 4.79 Å². The zero-order valence-electron chi connectivity index (χ0n) is 12.9. The average molecular weight is 333 g/mol. The maximum absolute atomic E-state index is 13.6. The first-order valence-corrected chi connectivity index (χ1v) is 7.69. The molecule has 0 saturated carbocycles. The van der Waals surface area contributed by atoms with Gasteiger partial charge in [0.15, 0.2) is 0 Å². The van der Waals surface area contributed by atoms with Gasteiger partial charge < -0.3 is 15.4 Å². The summed E-state index contributed by atoms with van der Waals surface area (Å²) in [6.07, 6.45) is 2.84. The van der Waals surface area contributed by atoms with Crippen LogP contribution in [0.3, 0.4) is 0 Å². The molecule has 5 nitrogen and oxygen atoms in total. The number of benzene rings is 1. The number of amides is 1. The van der Waals surface area contributed by atoms with Crippen molar-refractivity contribution in [3.05, 3.63) is 48.2 Å². The quantitative estimate of drug-likeness (QED) is 0.899. The minimum absolute atomic E-state index is 0.0657. The molecule has 24 heavy (non-hydrogen) atoms. The van der Waals surface area contributed by atoms with Crippen LogP contribution in [0.4, 0.5) is 26.0 Å². The third-order valence-electron chi connectivity index (χ3n) is 3.84. The maximum atomic E-state index is 13.6. The van der Waals surface area contributed by atoms with Gasteiger partial charge in [-0.25, -0.2) is 13.8 Å². The summed E-state index contributed by atoms with van der Waals surface area (Å²) >= 11 is 0. The van der Waals surface area contributed by atoms with Crippen molar-refractivity contribution in [2.24, 2.45) is 5.92 Å². The molecule has 1 fully saturated rings. The fourth-order valence-electron chi connectivity index (χ4n) is 2.49. The molecule has 0 spiro atoms. The lowest BCUT2D eigenvalue weighted by Crippen LogP contribution is -2.28. The van der Waals surface area contributed by atoms with Crippen LogP contribution in [0.15, 0.2) is 36.5 Å². The summed E-state index contributed by atoms with van der Waals surface area (Å²) in [6.45, 7) is 1.18. The minimum atomic E-state index is -0.700. The number of carbonyl (C=O) groups is 1. The van der Waals surface area contributed by atoms with E-state index in [0.29, 0.717) is 31.7 Å². The van der Waals surface area contributed by atoms with Crippen LogP contribution in [0.25, 0.3) is 0 Å². The predicted octanol–water partition coefficient (Wildman–Crippen LogP) is 3.47. The van der Waals surface area contributed by atoms with Gasteiger partial charge in [-0.1, -0.05) is 6.07 Å². The van der Waals surface area contributed by atoms with E-state index in [0.717, 1.165) is 12.1 Å². The first kappa shape index (κ1) is 16.3. The summed E-state index contributed by atoms with van der Waals surface area (Å²) in [4.78, 5) is 16.2. The zero-order valence-corrected chi connectivity index (χ0v) is 12.9. The lowest BCUT2D eigenvalue weighted by Gasteiger charge is -2.21. The van der Waals surface area contributed by atoms with Crippen LogP contribution in [0.5, 0.6) is 0 Å². The summed E-state index contributed by atoms with van der Waals surface area (Å²) in [5, 5.41) is 5.39. The third kappa shape index (κ3) is 3.86. The van der Waals surface area contributed by atoms with Gasteiger partial charge >= 0.3 is 0 Å². The van der Waals surface area contributed by atoms with Gasteiger partial charge in [0.05, 0.1) is 11.9 Å². The number of rotatable bonds is 4. The number of halogens is 2. The first-order valence-electron chi connectivity index (χ1n) is 7.69. The molecule has 2 N–H and O–H groups in total. The molecular formula is C17H17F2N3O2. The van der Waals surface area contributed by atoms with E-state index in [-0.39, 0.29) is 23.3 Å². The second kappa shape index (κ2) is 7.35. The van der Waals surface area contributed by atoms with E-state index in [2.05, 4.69) is 15.6 Å². The normalized spacial score (nSPS) is 15.1. The molecule has 0 bridgehead atoms. The molecule has 1 aliphatic rings. The molecule has 7 heteroatoms. The van der Waals surface area contributed by atoms with Crippen LogP contribution in [-0.4, -0.2) is 24.1 Å². The second-order valence-electron chi connectivity index (χ2n) is 5.53. The standard InChI is InChI=1S/C17H17F2N3O2/c18-13-2-1-3-14(19)16(13)22-15-5-4-12(10-20-15)21-17(23)11-6-8-24-9-7-11/h1-5,10-11H,6-9H2,(H,20,22)(H,21,23). The van der Waals surface area contributed by atoms with E-state index < -0.39 is 11.6 Å². The molecule has 0 unspecified atom stereocenters. The number of hydrogen-bond donors (Lipinski definition) is 2. The summed E-state index contributed by atoms with van der Waals surface area (Å²) in [6, 6.07) is 6.79. The van der Waals surface area contributed by atoms with Gasteiger partial charge in [-0.2, -0.15) is 0 Å². The Morgan fingerprint density at radius 1 is 1.12 bits per heavy atom. The number of anilines is 3. The Kier molecular flexibility index (Phi) is 5.00. The molecule has 2 heterocycles. The SMILES string of the molecule is O=C(Nc1ccc(Nc2c(F)cccc2F)nc1)C1CCOCC1. The number of pyridine rings is 1. The fourth-order valence-corrected chi connectivity index (χ4v) is 2.49. The summed E-state index contributed by atoms with van der Waals surface area (Å²) < 4.78 is 32.4. The lowest BCUT2D eigenvalue weighted by molar-refractivity contribution is -0.122. The Hall–Kier alpha value is -2.54. The maximum Gasteiger partial charge on any atom is 0.227 e. The fraction of sp³-hybridized carbons (Fsp3) is 0.294. The van der Waals surface area contributed by atoms with E-state index in [4.69, 9.17) is 4.74 Å². The number of aromatic nitrogens is 1. The van der Waals surface area contributed by atoms with Gasteiger partial charge in [0.2, 0.25) is 5.91 Å². The predicted molar refractivity (Wildman–Crippen MR) is 86.1 cm³/mol. The number of para-hydroxylation sites is 1. The average Bonchev–Trinajstić information content (AvgIpc) is 2.60. The Bertz CT molecular complexity index is 696. The molecule has 3 rings (SSSR count). The van der Waals surface area contributed by atoms with Gasteiger partial charge in [0.1, 0.15) is 23.1 Å². The molecule has 0 atom stereocenters. The Labute approximate surface area is 138 Å². The van der Waals surface area contributed by atoms with E-state index in [1.54, 1.807) is 12.1 Å². The molecular weight excluding hydrogens is 316 g/mol. The Morgan fingerprint density at radius 2 is 1.83 bits per heavy atom. The van der Waals surface area contributed by atoms with Crippen molar-refractivity contribution in [3.63, 3.8) is 0 Å². The first-order chi connectivity index (χ1) is 11.6. The monoisotopic (exact) mass is 333 g/mol. The minimum Gasteiger partial charge on any atom is -0.381 e. The Balaban J connectivity index is 1.64. The largest absolute Gasteiger partial charge is 0.381 e. The number of nitrogens with one attached hydrogen (secondary N) is 2. The van der Waals surface area contributed by atoms with Crippen LogP contribution < -0.4 is 10.6 Å². The van der Waals surface area contributed by atoms with E-state index in [1.807, 2.05) is 0 Å². The van der Waals surface area contributed by atoms with Crippen molar-refractivity contribution in [1.29, 1.82) is 0 Å². The molecule has 2 aromatic rings. The summed E-state index contributed by atoms with van der Waals surface area (Å²) in [5.74, 6) is -1.25. The van der Waals surface area contributed by atoms with Gasteiger partial charge in [-0.05, 0) is 37.1 Å². The highest BCUT2D eigenvalue weighted by Crippen LogP contribution is 2.23. The Morgan fingerprint density at radius 3 is 2.46 bits per heavy atom. The number of hydrogen-bond acceptors (Lipinski definition) is 4. The molecule has 1 saturated heterocycles. The molecule has 1 aromatic heterocycles. The zero-order chi connectivity index (χ0) is 16.9. The number of ether oxygens (including phenoxy) is 1. The van der Waals surface area contributed by atoms with Crippen molar-refractivity contribution in [1.82, 2.24) is 4.98 Å². The van der Waals surface area contributed by atoms with Crippen molar-refractivity contribution in [2.75, 3.05) is 23.8 Å². The van der Waals surface area contributed by atoms with Gasteiger partial charge in [0, 0.05) is 19.1 Å².